The molecule has 1 heterocycles. The highest BCUT2D eigenvalue weighted by atomic mass is 16.5. The third-order valence-corrected chi connectivity index (χ3v) is 1.75. The Hall–Kier alpha value is -2.44. The largest absolute Gasteiger partial charge is 0.478 e. The Kier molecular flexibility index (Phi) is 4.15. The van der Waals surface area contributed by atoms with Crippen LogP contribution in [-0.2, 0) is 23.9 Å². The number of carbonyl (C=O) groups is 4. The van der Waals surface area contributed by atoms with E-state index in [-0.39, 0.29) is 13.0 Å². The molecule has 2 N–H and O–H groups in total. The van der Waals surface area contributed by atoms with Gasteiger partial charge in [0.25, 0.3) is 5.91 Å². The van der Waals surface area contributed by atoms with Crippen LogP contribution in [0.3, 0.4) is 0 Å². The van der Waals surface area contributed by atoms with Gasteiger partial charge < -0.3 is 9.84 Å². The molecule has 0 aromatic rings. The third-order valence-electron chi connectivity index (χ3n) is 1.75. The summed E-state index contributed by atoms with van der Waals surface area (Å²) < 4.78 is 4.64. The highest BCUT2D eigenvalue weighted by molar-refractivity contribution is 6.05. The Bertz CT molecular complexity index is 434. The lowest BCUT2D eigenvalue weighted by molar-refractivity contribution is -0.138. The molecule has 2 amide bonds. The molecule has 1 aliphatic rings. The van der Waals surface area contributed by atoms with E-state index in [1.807, 2.05) is 0 Å². The average molecular weight is 239 g/mol. The molecule has 7 heteroatoms. The second-order valence-corrected chi connectivity index (χ2v) is 3.17. The Morgan fingerprint density at radius 2 is 2.12 bits per heavy atom. The highest BCUT2D eigenvalue weighted by Gasteiger charge is 2.16. The van der Waals surface area contributed by atoms with E-state index >= 15 is 0 Å². The van der Waals surface area contributed by atoms with Crippen LogP contribution in [0.1, 0.15) is 6.42 Å². The molecular weight excluding hydrogens is 230 g/mol. The van der Waals surface area contributed by atoms with Gasteiger partial charge in [0.2, 0.25) is 5.91 Å². The van der Waals surface area contributed by atoms with Gasteiger partial charge in [0.1, 0.15) is 6.61 Å². The van der Waals surface area contributed by atoms with E-state index in [1.54, 1.807) is 0 Å². The van der Waals surface area contributed by atoms with Crippen molar-refractivity contribution in [3.05, 3.63) is 23.8 Å². The van der Waals surface area contributed by atoms with Crippen LogP contribution in [0.2, 0.25) is 0 Å². The average Bonchev–Trinajstić information content (AvgIpc) is 2.22. The fraction of sp³-hybridized carbons (Fsp3) is 0.200. The molecule has 17 heavy (non-hydrogen) atoms. The van der Waals surface area contributed by atoms with E-state index in [2.05, 4.69) is 10.1 Å². The number of carboxylic acid groups (broad SMARTS) is 1. The molecule has 1 aliphatic heterocycles. The van der Waals surface area contributed by atoms with E-state index in [0.29, 0.717) is 11.6 Å². The molecule has 0 saturated heterocycles. The van der Waals surface area contributed by atoms with E-state index in [1.165, 1.54) is 0 Å². The van der Waals surface area contributed by atoms with E-state index in [4.69, 9.17) is 5.11 Å². The van der Waals surface area contributed by atoms with Crippen LogP contribution in [0, 0.1) is 0 Å². The molecule has 0 atom stereocenters. The first kappa shape index (κ1) is 12.6. The first-order valence-electron chi connectivity index (χ1n) is 4.58. The molecular formula is C10H9NO6. The zero-order valence-corrected chi connectivity index (χ0v) is 8.63. The van der Waals surface area contributed by atoms with Gasteiger partial charge in [-0.3, -0.25) is 14.9 Å². The van der Waals surface area contributed by atoms with Gasteiger partial charge in [-0.05, 0) is 5.57 Å². The fourth-order valence-electron chi connectivity index (χ4n) is 1.10. The molecule has 0 aromatic heterocycles. The monoisotopic (exact) mass is 239 g/mol. The summed E-state index contributed by atoms with van der Waals surface area (Å²) in [5.74, 6) is -3.15. The summed E-state index contributed by atoms with van der Waals surface area (Å²) in [6, 6.07) is 0. The summed E-state index contributed by atoms with van der Waals surface area (Å²) in [6.07, 6.45) is 2.51. The van der Waals surface area contributed by atoms with Crippen molar-refractivity contribution < 1.29 is 29.0 Å². The van der Waals surface area contributed by atoms with Gasteiger partial charge in [0.05, 0.1) is 6.42 Å². The lowest BCUT2D eigenvalue weighted by Crippen LogP contribution is -2.33. The number of hydrogen-bond acceptors (Lipinski definition) is 5. The summed E-state index contributed by atoms with van der Waals surface area (Å²) in [4.78, 5) is 42.9. The quantitative estimate of drug-likeness (QED) is 0.375. The van der Waals surface area contributed by atoms with Crippen LogP contribution in [-0.4, -0.2) is 35.5 Å². The number of carboxylic acids is 1. The van der Waals surface area contributed by atoms with Crippen LogP contribution in [0.15, 0.2) is 23.8 Å². The Morgan fingerprint density at radius 1 is 1.41 bits per heavy atom. The molecule has 0 bridgehead atoms. The maximum atomic E-state index is 11.0. The van der Waals surface area contributed by atoms with Crippen LogP contribution in [0.25, 0.3) is 0 Å². The van der Waals surface area contributed by atoms with Gasteiger partial charge in [-0.2, -0.15) is 0 Å². The van der Waals surface area contributed by atoms with Crippen LogP contribution >= 0.6 is 0 Å². The van der Waals surface area contributed by atoms with E-state index in [9.17, 15) is 19.2 Å². The normalized spacial score (nSPS) is 15.4. The SMILES string of the molecule is O=C(O)/C=C/C(=O)OCC1=CC(=O)NC(=O)C1. The minimum absolute atomic E-state index is 0.0261. The minimum Gasteiger partial charge on any atom is -0.478 e. The van der Waals surface area contributed by atoms with Crippen molar-refractivity contribution in [1.82, 2.24) is 5.32 Å². The predicted molar refractivity (Wildman–Crippen MR) is 53.6 cm³/mol. The molecule has 0 unspecified atom stereocenters. The second-order valence-electron chi connectivity index (χ2n) is 3.17. The maximum absolute atomic E-state index is 11.0. The molecule has 1 rings (SSSR count). The standard InChI is InChI=1S/C10H9NO6/c12-7-3-6(4-8(13)11-7)5-17-10(16)2-1-9(14)15/h1-3H,4-5H2,(H,14,15)(H,11,12,13)/b2-1+. The molecule has 0 radical (unpaired) electrons. The van der Waals surface area contributed by atoms with Crippen molar-refractivity contribution in [2.75, 3.05) is 6.61 Å². The lowest BCUT2D eigenvalue weighted by Gasteiger charge is -2.11. The molecule has 90 valence electrons. The van der Waals surface area contributed by atoms with Crippen molar-refractivity contribution in [1.29, 1.82) is 0 Å². The molecule has 0 spiro atoms. The number of nitrogens with one attached hydrogen (secondary N) is 1. The Balaban J connectivity index is 2.46. The third kappa shape index (κ3) is 4.74. The van der Waals surface area contributed by atoms with Crippen molar-refractivity contribution in [3.63, 3.8) is 0 Å². The zero-order valence-electron chi connectivity index (χ0n) is 8.63. The van der Waals surface area contributed by atoms with Gasteiger partial charge in [-0.25, -0.2) is 9.59 Å². The fourth-order valence-corrected chi connectivity index (χ4v) is 1.10. The summed E-state index contributed by atoms with van der Waals surface area (Å²) in [7, 11) is 0. The first-order valence-corrected chi connectivity index (χ1v) is 4.58. The predicted octanol–water partition coefficient (Wildman–Crippen LogP) is -0.857. The number of imide groups is 1. The van der Waals surface area contributed by atoms with Crippen molar-refractivity contribution >= 4 is 23.8 Å². The van der Waals surface area contributed by atoms with Crippen LogP contribution in [0.4, 0.5) is 0 Å². The maximum Gasteiger partial charge on any atom is 0.331 e. The highest BCUT2D eigenvalue weighted by Crippen LogP contribution is 2.06. The number of esters is 1. The number of hydrogen-bond donors (Lipinski definition) is 2. The summed E-state index contributed by atoms with van der Waals surface area (Å²) in [6.45, 7) is -0.220. The van der Waals surface area contributed by atoms with Crippen molar-refractivity contribution in [3.8, 4) is 0 Å². The Morgan fingerprint density at radius 3 is 2.71 bits per heavy atom. The molecule has 0 aliphatic carbocycles. The van der Waals surface area contributed by atoms with Crippen LogP contribution in [0.5, 0.6) is 0 Å². The number of rotatable bonds is 4. The van der Waals surface area contributed by atoms with Gasteiger partial charge in [-0.15, -0.1) is 0 Å². The number of amides is 2. The summed E-state index contributed by atoms with van der Waals surface area (Å²) >= 11 is 0. The number of ether oxygens (including phenoxy) is 1. The lowest BCUT2D eigenvalue weighted by atomic mass is 10.1. The summed E-state index contributed by atoms with van der Waals surface area (Å²) in [5, 5.41) is 10.3. The van der Waals surface area contributed by atoms with Crippen molar-refractivity contribution in [2.45, 2.75) is 6.42 Å². The summed E-state index contributed by atoms with van der Waals surface area (Å²) in [5.41, 5.74) is 0.357. The van der Waals surface area contributed by atoms with E-state index in [0.717, 1.165) is 12.2 Å². The zero-order chi connectivity index (χ0) is 12.8. The van der Waals surface area contributed by atoms with Gasteiger partial charge >= 0.3 is 11.9 Å². The van der Waals surface area contributed by atoms with Gasteiger partial charge in [0, 0.05) is 18.2 Å². The molecule has 0 fully saturated rings. The first-order chi connectivity index (χ1) is 7.97. The van der Waals surface area contributed by atoms with Crippen LogP contribution < -0.4 is 5.32 Å². The Labute approximate surface area is 95.7 Å². The molecule has 7 nitrogen and oxygen atoms in total. The topological polar surface area (TPSA) is 110 Å². The minimum atomic E-state index is -1.27. The molecule has 0 saturated carbocycles. The second kappa shape index (κ2) is 5.59. The number of aliphatic carboxylic acids is 1. The smallest absolute Gasteiger partial charge is 0.331 e. The van der Waals surface area contributed by atoms with Crippen molar-refractivity contribution in [2.24, 2.45) is 0 Å². The molecule has 0 aromatic carbocycles. The number of carbonyl (C=O) groups excluding carboxylic acids is 3. The van der Waals surface area contributed by atoms with E-state index < -0.39 is 23.8 Å². The van der Waals surface area contributed by atoms with Gasteiger partial charge in [-0.1, -0.05) is 0 Å². The van der Waals surface area contributed by atoms with Gasteiger partial charge in [0.15, 0.2) is 0 Å².